The second-order valence-electron chi connectivity index (χ2n) is 9.28. The van der Waals surface area contributed by atoms with Gasteiger partial charge in [0.2, 0.25) is 0 Å². The predicted molar refractivity (Wildman–Crippen MR) is 143 cm³/mol. The van der Waals surface area contributed by atoms with Gasteiger partial charge in [-0.3, -0.25) is 9.59 Å². The fraction of sp³-hybridized carbons (Fsp3) is 0.500. The molecule has 1 unspecified atom stereocenters. The van der Waals surface area contributed by atoms with Gasteiger partial charge in [0.05, 0.1) is 24.8 Å². The van der Waals surface area contributed by atoms with Crippen molar-refractivity contribution < 1.29 is 9.53 Å². The number of benzene rings is 1. The number of hydrogen-bond acceptors (Lipinski definition) is 4. The van der Waals surface area contributed by atoms with Crippen molar-refractivity contribution in [2.24, 2.45) is 0 Å². The van der Waals surface area contributed by atoms with Gasteiger partial charge in [0.1, 0.15) is 5.75 Å². The number of carbonyl (C=O) groups is 1. The van der Waals surface area contributed by atoms with Crippen LogP contribution < -0.4 is 15.6 Å². The Balaban J connectivity index is 1.83. The van der Waals surface area contributed by atoms with Crippen LogP contribution in [0.4, 0.5) is 0 Å². The lowest BCUT2D eigenvalue weighted by Crippen LogP contribution is -2.28. The van der Waals surface area contributed by atoms with Crippen LogP contribution in [-0.4, -0.2) is 47.1 Å². The molecule has 2 heterocycles. The lowest BCUT2D eigenvalue weighted by Gasteiger charge is -2.22. The number of ether oxygens (including phenoxy) is 1. The van der Waals surface area contributed by atoms with Gasteiger partial charge in [-0.15, -0.1) is 0 Å². The van der Waals surface area contributed by atoms with Crippen molar-refractivity contribution in [2.45, 2.75) is 66.5 Å². The zero-order valence-electron chi connectivity index (χ0n) is 22.0. The molecule has 2 aromatic heterocycles. The molecular formula is C28H40N4O3. The number of nitrogens with zero attached hydrogens (tertiary/aromatic N) is 2. The van der Waals surface area contributed by atoms with Crippen molar-refractivity contribution in [3.05, 3.63) is 63.2 Å². The van der Waals surface area contributed by atoms with Gasteiger partial charge in [0.15, 0.2) is 0 Å². The highest BCUT2D eigenvalue weighted by molar-refractivity contribution is 6.08. The summed E-state index contributed by atoms with van der Waals surface area (Å²) in [5.41, 5.74) is 3.55. The van der Waals surface area contributed by atoms with Crippen LogP contribution in [0.15, 0.2) is 35.1 Å². The van der Waals surface area contributed by atoms with E-state index in [1.807, 2.05) is 25.1 Å². The molecule has 0 spiro atoms. The van der Waals surface area contributed by atoms with Crippen LogP contribution in [0.2, 0.25) is 0 Å². The van der Waals surface area contributed by atoms with Crippen LogP contribution in [0.25, 0.3) is 10.9 Å². The van der Waals surface area contributed by atoms with Gasteiger partial charge in [-0.05, 0) is 71.8 Å². The largest absolute Gasteiger partial charge is 0.496 e. The minimum absolute atomic E-state index is 0.0937. The quantitative estimate of drug-likeness (QED) is 0.384. The number of pyridine rings is 1. The molecule has 1 amide bonds. The third-order valence-electron chi connectivity index (χ3n) is 6.78. The number of aromatic nitrogens is 2. The van der Waals surface area contributed by atoms with E-state index in [9.17, 15) is 9.59 Å². The van der Waals surface area contributed by atoms with E-state index in [4.69, 9.17) is 4.74 Å². The van der Waals surface area contributed by atoms with Gasteiger partial charge in [-0.2, -0.15) is 0 Å². The number of H-pyrrole nitrogens is 1. The molecule has 0 saturated carbocycles. The number of para-hydroxylation sites is 1. The highest BCUT2D eigenvalue weighted by Crippen LogP contribution is 2.31. The first kappa shape index (κ1) is 26.5. The van der Waals surface area contributed by atoms with E-state index in [0.29, 0.717) is 22.6 Å². The molecule has 0 aliphatic rings. The molecule has 3 aromatic rings. The maximum absolute atomic E-state index is 13.4. The molecule has 1 atom stereocenters. The van der Waals surface area contributed by atoms with E-state index in [2.05, 4.69) is 46.6 Å². The van der Waals surface area contributed by atoms with Gasteiger partial charge >= 0.3 is 0 Å². The minimum atomic E-state index is -0.251. The van der Waals surface area contributed by atoms with E-state index >= 15 is 0 Å². The summed E-state index contributed by atoms with van der Waals surface area (Å²) in [6, 6.07) is 10.1. The van der Waals surface area contributed by atoms with Gasteiger partial charge in [-0.25, -0.2) is 0 Å². The number of amides is 1. The van der Waals surface area contributed by atoms with Gasteiger partial charge in [0.25, 0.3) is 11.5 Å². The number of nitrogens with one attached hydrogen (secondary N) is 2. The fourth-order valence-corrected chi connectivity index (χ4v) is 5.02. The Bertz CT molecular complexity index is 1210. The molecule has 190 valence electrons. The zero-order chi connectivity index (χ0) is 25.5. The highest BCUT2D eigenvalue weighted by atomic mass is 16.5. The first-order valence-corrected chi connectivity index (χ1v) is 12.7. The number of aromatic amines is 1. The maximum atomic E-state index is 13.4. The summed E-state index contributed by atoms with van der Waals surface area (Å²) in [6.07, 6.45) is 3.32. The third-order valence-corrected chi connectivity index (χ3v) is 6.78. The van der Waals surface area contributed by atoms with Crippen LogP contribution in [0.1, 0.15) is 73.4 Å². The van der Waals surface area contributed by atoms with E-state index in [-0.39, 0.29) is 24.1 Å². The molecule has 35 heavy (non-hydrogen) atoms. The molecular weight excluding hydrogens is 440 g/mol. The molecule has 0 fully saturated rings. The lowest BCUT2D eigenvalue weighted by atomic mass is 10.1. The summed E-state index contributed by atoms with van der Waals surface area (Å²) < 4.78 is 7.66. The van der Waals surface area contributed by atoms with Crippen LogP contribution in [0.5, 0.6) is 5.75 Å². The first-order valence-electron chi connectivity index (χ1n) is 12.7. The number of methoxy groups -OCH3 is 1. The first-order chi connectivity index (χ1) is 16.8. The monoisotopic (exact) mass is 480 g/mol. The van der Waals surface area contributed by atoms with Gasteiger partial charge in [0, 0.05) is 28.3 Å². The van der Waals surface area contributed by atoms with Crippen molar-refractivity contribution in [1.29, 1.82) is 0 Å². The van der Waals surface area contributed by atoms with E-state index < -0.39 is 0 Å². The van der Waals surface area contributed by atoms with Gasteiger partial charge < -0.3 is 24.5 Å². The summed E-state index contributed by atoms with van der Waals surface area (Å²) in [5.74, 6) is 0.287. The van der Waals surface area contributed by atoms with Crippen molar-refractivity contribution in [2.75, 3.05) is 26.7 Å². The lowest BCUT2D eigenvalue weighted by molar-refractivity contribution is 0.0951. The molecule has 0 bridgehead atoms. The predicted octanol–water partition coefficient (Wildman–Crippen LogP) is 4.96. The number of rotatable bonds is 12. The average molecular weight is 481 g/mol. The summed E-state index contributed by atoms with van der Waals surface area (Å²) in [5, 5.41) is 3.89. The molecule has 2 N–H and O–H groups in total. The van der Waals surface area contributed by atoms with Gasteiger partial charge in [-0.1, -0.05) is 32.0 Å². The summed E-state index contributed by atoms with van der Waals surface area (Å²) in [4.78, 5) is 31.1. The number of fused-ring (bicyclic) bond motifs is 1. The molecule has 1 aromatic carbocycles. The number of hydrogen-bond donors (Lipinski definition) is 2. The average Bonchev–Trinajstić information content (AvgIpc) is 3.13. The SMILES string of the molecule is CCCN(CC)CCCC(C)n1c(C)c(C(=O)NCc2c(OC)cc(C)[nH]c2=O)c2ccccc21. The highest BCUT2D eigenvalue weighted by Gasteiger charge is 2.23. The molecule has 7 heteroatoms. The van der Waals surface area contributed by atoms with Crippen LogP contribution >= 0.6 is 0 Å². The normalized spacial score (nSPS) is 12.3. The summed E-state index contributed by atoms with van der Waals surface area (Å²) >= 11 is 0. The number of carbonyl (C=O) groups excluding carboxylic acids is 1. The molecule has 0 aliphatic heterocycles. The molecule has 0 saturated heterocycles. The third kappa shape index (κ3) is 5.96. The fourth-order valence-electron chi connectivity index (χ4n) is 5.02. The summed E-state index contributed by atoms with van der Waals surface area (Å²) in [6.45, 7) is 13.9. The second kappa shape index (κ2) is 12.1. The molecule has 3 rings (SSSR count). The molecule has 0 aliphatic carbocycles. The maximum Gasteiger partial charge on any atom is 0.256 e. The standard InChI is InChI=1S/C28H40N4O3/c1-7-15-31(8-2)16-11-12-20(4)32-21(5)26(22-13-9-10-14-24(22)32)28(34)29-18-23-25(35-6)17-19(3)30-27(23)33/h9-10,13-14,17,20H,7-8,11-12,15-16,18H2,1-6H3,(H,29,34)(H,30,33). The van der Waals surface area contributed by atoms with E-state index in [0.717, 1.165) is 49.1 Å². The molecule has 7 nitrogen and oxygen atoms in total. The summed E-state index contributed by atoms with van der Waals surface area (Å²) in [7, 11) is 1.53. The van der Waals surface area contributed by atoms with Crippen molar-refractivity contribution in [3.8, 4) is 5.75 Å². The van der Waals surface area contributed by atoms with Crippen LogP contribution in [-0.2, 0) is 6.54 Å². The molecule has 0 radical (unpaired) electrons. The Kier molecular flexibility index (Phi) is 9.15. The van der Waals surface area contributed by atoms with E-state index in [1.165, 1.54) is 13.5 Å². The van der Waals surface area contributed by atoms with Crippen LogP contribution in [0, 0.1) is 13.8 Å². The Hall–Kier alpha value is -3.06. The Morgan fingerprint density at radius 1 is 1.20 bits per heavy atom. The van der Waals surface area contributed by atoms with Crippen molar-refractivity contribution in [1.82, 2.24) is 19.8 Å². The zero-order valence-corrected chi connectivity index (χ0v) is 22.0. The van der Waals surface area contributed by atoms with Crippen LogP contribution in [0.3, 0.4) is 0 Å². The Morgan fingerprint density at radius 2 is 1.94 bits per heavy atom. The Morgan fingerprint density at radius 3 is 2.63 bits per heavy atom. The minimum Gasteiger partial charge on any atom is -0.496 e. The van der Waals surface area contributed by atoms with Crippen molar-refractivity contribution in [3.63, 3.8) is 0 Å². The van der Waals surface area contributed by atoms with Crippen molar-refractivity contribution >= 4 is 16.8 Å². The van der Waals surface area contributed by atoms with E-state index in [1.54, 1.807) is 13.0 Å². The number of aryl methyl sites for hydroxylation is 1. The topological polar surface area (TPSA) is 79.4 Å². The smallest absolute Gasteiger partial charge is 0.256 e. The second-order valence-corrected chi connectivity index (χ2v) is 9.28. The Labute approximate surface area is 208 Å².